The number of ether oxygens (including phenoxy) is 1. The topological polar surface area (TPSA) is 44.8 Å². The molecule has 3 aliphatic rings. The molecule has 5 nitrogen and oxygen atoms in total. The third kappa shape index (κ3) is 4.20. The quantitative estimate of drug-likeness (QED) is 0.807. The minimum atomic E-state index is 0.154. The number of rotatable bonds is 6. The Hall–Kier alpha value is -1.59. The zero-order valence-electron chi connectivity index (χ0n) is 17.5. The van der Waals surface area contributed by atoms with Crippen LogP contribution in [0.3, 0.4) is 0 Å². The van der Waals surface area contributed by atoms with E-state index >= 15 is 0 Å². The van der Waals surface area contributed by atoms with Crippen molar-refractivity contribution in [1.82, 2.24) is 15.3 Å². The fourth-order valence-corrected chi connectivity index (χ4v) is 5.12. The molecule has 1 aromatic carbocycles. The summed E-state index contributed by atoms with van der Waals surface area (Å²) in [6, 6.07) is 4.63. The fraction of sp³-hybridized carbons (Fsp3) is 0.696. The summed E-state index contributed by atoms with van der Waals surface area (Å²) in [4.78, 5) is 13.1. The SMILES string of the molecule is Cc1cc(OCCC2CCNCC2)cc2c1C(=O)N(N(C)C1CCCCC1)C2. The number of amides is 1. The third-order valence-corrected chi connectivity index (χ3v) is 6.90. The van der Waals surface area contributed by atoms with Crippen molar-refractivity contribution in [2.45, 2.75) is 70.9 Å². The number of carbonyl (C=O) groups excluding carboxylic acids is 1. The number of carbonyl (C=O) groups is 1. The first-order valence-corrected chi connectivity index (χ1v) is 11.1. The van der Waals surface area contributed by atoms with Gasteiger partial charge in [-0.15, -0.1) is 0 Å². The largest absolute Gasteiger partial charge is 0.494 e. The normalized spacial score (nSPS) is 21.4. The first-order valence-electron chi connectivity index (χ1n) is 11.1. The van der Waals surface area contributed by atoms with E-state index in [4.69, 9.17) is 4.74 Å². The number of piperidine rings is 1. The molecule has 1 N–H and O–H groups in total. The molecule has 4 rings (SSSR count). The summed E-state index contributed by atoms with van der Waals surface area (Å²) in [5.41, 5.74) is 3.04. The highest BCUT2D eigenvalue weighted by atomic mass is 16.5. The smallest absolute Gasteiger partial charge is 0.269 e. The van der Waals surface area contributed by atoms with Crippen molar-refractivity contribution < 1.29 is 9.53 Å². The second-order valence-electron chi connectivity index (χ2n) is 8.83. The van der Waals surface area contributed by atoms with Crippen molar-refractivity contribution in [2.24, 2.45) is 5.92 Å². The molecule has 1 saturated carbocycles. The van der Waals surface area contributed by atoms with Crippen LogP contribution in [0.15, 0.2) is 12.1 Å². The summed E-state index contributed by atoms with van der Waals surface area (Å²) >= 11 is 0. The van der Waals surface area contributed by atoms with Gasteiger partial charge in [0.1, 0.15) is 5.75 Å². The molecule has 2 heterocycles. The number of benzene rings is 1. The second-order valence-corrected chi connectivity index (χ2v) is 8.83. The summed E-state index contributed by atoms with van der Waals surface area (Å²) in [5, 5.41) is 7.58. The van der Waals surface area contributed by atoms with Gasteiger partial charge in [-0.05, 0) is 81.3 Å². The predicted octanol–water partition coefficient (Wildman–Crippen LogP) is 3.90. The highest BCUT2D eigenvalue weighted by Crippen LogP contribution is 2.33. The van der Waals surface area contributed by atoms with E-state index in [1.165, 1.54) is 44.9 Å². The fourth-order valence-electron chi connectivity index (χ4n) is 5.12. The van der Waals surface area contributed by atoms with Crippen LogP contribution < -0.4 is 10.1 Å². The van der Waals surface area contributed by atoms with Gasteiger partial charge in [-0.25, -0.2) is 5.01 Å². The lowest BCUT2D eigenvalue weighted by Crippen LogP contribution is -2.47. The maximum atomic E-state index is 13.1. The molecule has 1 aromatic rings. The Morgan fingerprint density at radius 1 is 1.14 bits per heavy atom. The molecule has 0 aromatic heterocycles. The molecule has 2 fully saturated rings. The average Bonchev–Trinajstić information content (AvgIpc) is 3.06. The van der Waals surface area contributed by atoms with Crippen molar-refractivity contribution in [3.8, 4) is 5.75 Å². The van der Waals surface area contributed by atoms with Gasteiger partial charge >= 0.3 is 0 Å². The Bertz CT molecular complexity index is 693. The van der Waals surface area contributed by atoms with E-state index in [2.05, 4.69) is 23.4 Å². The van der Waals surface area contributed by atoms with Gasteiger partial charge in [0.15, 0.2) is 0 Å². The molecular formula is C23H35N3O2. The molecule has 0 atom stereocenters. The van der Waals surface area contributed by atoms with Crippen molar-refractivity contribution in [3.63, 3.8) is 0 Å². The zero-order chi connectivity index (χ0) is 19.5. The second kappa shape index (κ2) is 8.83. The first kappa shape index (κ1) is 19.7. The van der Waals surface area contributed by atoms with E-state index in [-0.39, 0.29) is 5.91 Å². The number of nitrogens with zero attached hydrogens (tertiary/aromatic N) is 2. The first-order chi connectivity index (χ1) is 13.6. The lowest BCUT2D eigenvalue weighted by Gasteiger charge is -2.37. The third-order valence-electron chi connectivity index (χ3n) is 6.90. The van der Waals surface area contributed by atoms with E-state index in [0.29, 0.717) is 12.6 Å². The number of hydrogen-bond acceptors (Lipinski definition) is 4. The molecule has 0 radical (unpaired) electrons. The molecule has 0 unspecified atom stereocenters. The Morgan fingerprint density at radius 3 is 2.64 bits per heavy atom. The van der Waals surface area contributed by atoms with Crippen LogP contribution in [-0.4, -0.2) is 48.7 Å². The van der Waals surface area contributed by atoms with Crippen LogP contribution in [0, 0.1) is 12.8 Å². The number of nitrogens with one attached hydrogen (secondary N) is 1. The molecule has 2 aliphatic heterocycles. The van der Waals surface area contributed by atoms with Crippen molar-refractivity contribution in [3.05, 3.63) is 28.8 Å². The van der Waals surface area contributed by atoms with Crippen LogP contribution in [0.4, 0.5) is 0 Å². The van der Waals surface area contributed by atoms with Crippen LogP contribution in [0.2, 0.25) is 0 Å². The van der Waals surface area contributed by atoms with Gasteiger partial charge in [-0.3, -0.25) is 9.80 Å². The average molecular weight is 386 g/mol. The summed E-state index contributed by atoms with van der Waals surface area (Å²) in [6.45, 7) is 5.75. The summed E-state index contributed by atoms with van der Waals surface area (Å²) in [7, 11) is 2.09. The van der Waals surface area contributed by atoms with Gasteiger partial charge in [-0.2, -0.15) is 0 Å². The Kier molecular flexibility index (Phi) is 6.22. The van der Waals surface area contributed by atoms with Gasteiger partial charge in [-0.1, -0.05) is 19.3 Å². The lowest BCUT2D eigenvalue weighted by atomic mass is 9.95. The van der Waals surface area contributed by atoms with Crippen molar-refractivity contribution in [1.29, 1.82) is 0 Å². The molecule has 5 heteroatoms. The standard InChI is InChI=1S/C23H35N3O2/c1-17-14-21(28-13-10-18-8-11-24-12-9-18)15-19-16-26(23(27)22(17)19)25(2)20-6-4-3-5-7-20/h14-15,18,20,24H,3-13,16H2,1-2H3. The minimum Gasteiger partial charge on any atom is -0.494 e. The molecule has 0 bridgehead atoms. The number of fused-ring (bicyclic) bond motifs is 1. The molecule has 1 aliphatic carbocycles. The van der Waals surface area contributed by atoms with Crippen molar-refractivity contribution in [2.75, 3.05) is 26.7 Å². The van der Waals surface area contributed by atoms with E-state index in [0.717, 1.165) is 54.5 Å². The van der Waals surface area contributed by atoms with Gasteiger partial charge in [0, 0.05) is 18.7 Å². The maximum Gasteiger partial charge on any atom is 0.269 e. The van der Waals surface area contributed by atoms with E-state index in [9.17, 15) is 4.79 Å². The van der Waals surface area contributed by atoms with Crippen molar-refractivity contribution >= 4 is 5.91 Å². The molecule has 28 heavy (non-hydrogen) atoms. The minimum absolute atomic E-state index is 0.154. The number of aryl methyl sites for hydroxylation is 1. The van der Waals surface area contributed by atoms with Crippen LogP contribution >= 0.6 is 0 Å². The lowest BCUT2D eigenvalue weighted by molar-refractivity contribution is -0.0282. The summed E-state index contributed by atoms with van der Waals surface area (Å²) in [6.07, 6.45) is 9.90. The van der Waals surface area contributed by atoms with E-state index in [1.54, 1.807) is 0 Å². The van der Waals surface area contributed by atoms with Gasteiger partial charge < -0.3 is 10.1 Å². The van der Waals surface area contributed by atoms with Gasteiger partial charge in [0.05, 0.1) is 13.2 Å². The Labute approximate surface area is 169 Å². The maximum absolute atomic E-state index is 13.1. The van der Waals surface area contributed by atoms with Gasteiger partial charge in [0.2, 0.25) is 0 Å². The summed E-state index contributed by atoms with van der Waals surface area (Å²) < 4.78 is 6.10. The van der Waals surface area contributed by atoms with Crippen LogP contribution in [0.5, 0.6) is 5.75 Å². The number of hydrazine groups is 1. The highest BCUT2D eigenvalue weighted by molar-refractivity contribution is 5.99. The molecule has 1 saturated heterocycles. The number of hydrogen-bond donors (Lipinski definition) is 1. The molecule has 0 spiro atoms. The Balaban J connectivity index is 1.39. The molecule has 1 amide bonds. The van der Waals surface area contributed by atoms with Gasteiger partial charge in [0.25, 0.3) is 5.91 Å². The molecule has 154 valence electrons. The van der Waals surface area contributed by atoms with Crippen LogP contribution in [0.1, 0.15) is 72.9 Å². The Morgan fingerprint density at radius 2 is 1.89 bits per heavy atom. The highest BCUT2D eigenvalue weighted by Gasteiger charge is 2.35. The zero-order valence-corrected chi connectivity index (χ0v) is 17.5. The van der Waals surface area contributed by atoms with Crippen LogP contribution in [0.25, 0.3) is 0 Å². The van der Waals surface area contributed by atoms with E-state index in [1.807, 2.05) is 18.0 Å². The van der Waals surface area contributed by atoms with E-state index < -0.39 is 0 Å². The molecular weight excluding hydrogens is 350 g/mol. The summed E-state index contributed by atoms with van der Waals surface area (Å²) in [5.74, 6) is 1.85. The van der Waals surface area contributed by atoms with Crippen LogP contribution in [-0.2, 0) is 6.54 Å². The monoisotopic (exact) mass is 385 g/mol. The predicted molar refractivity (Wildman–Crippen MR) is 111 cm³/mol.